The average Bonchev–Trinajstić information content (AvgIpc) is 2.62. The summed E-state index contributed by atoms with van der Waals surface area (Å²) in [6, 6.07) is 0. The highest BCUT2D eigenvalue weighted by atomic mass is 16.4. The molecule has 86 valence electrons. The van der Waals surface area contributed by atoms with Crippen molar-refractivity contribution in [2.75, 3.05) is 19.6 Å². The Hall–Kier alpha value is -2.03. The average molecular weight is 224 g/mol. The maximum absolute atomic E-state index is 11.8. The Bertz CT molecular complexity index is 358. The molecule has 1 atom stereocenters. The molecule has 2 amide bonds. The molecule has 1 aliphatic heterocycles. The van der Waals surface area contributed by atoms with Gasteiger partial charge >= 0.3 is 5.97 Å². The predicted octanol–water partition coefficient (Wildman–Crippen LogP) is -1.33. The fourth-order valence-corrected chi connectivity index (χ4v) is 1.52. The van der Waals surface area contributed by atoms with Gasteiger partial charge in [-0.1, -0.05) is 5.92 Å². The Morgan fingerprint density at radius 1 is 1.62 bits per heavy atom. The molecule has 0 spiro atoms. The number of aliphatic carboxylic acids is 1. The van der Waals surface area contributed by atoms with E-state index in [-0.39, 0.29) is 25.4 Å². The van der Waals surface area contributed by atoms with Gasteiger partial charge in [0.05, 0.1) is 12.5 Å². The number of hydrogen-bond acceptors (Lipinski definition) is 3. The van der Waals surface area contributed by atoms with E-state index in [0.29, 0.717) is 0 Å². The molecule has 1 saturated heterocycles. The van der Waals surface area contributed by atoms with Crippen molar-refractivity contribution in [2.24, 2.45) is 5.92 Å². The Morgan fingerprint density at radius 2 is 2.31 bits per heavy atom. The zero-order valence-corrected chi connectivity index (χ0v) is 8.60. The van der Waals surface area contributed by atoms with Gasteiger partial charge in [0.1, 0.15) is 6.54 Å². The number of carbonyl (C=O) groups excluding carboxylic acids is 2. The number of nitrogens with one attached hydrogen (secondary N) is 1. The summed E-state index contributed by atoms with van der Waals surface area (Å²) in [5, 5.41) is 11.1. The number of carboxylic acid groups (broad SMARTS) is 1. The van der Waals surface area contributed by atoms with Gasteiger partial charge in [-0.15, -0.1) is 6.42 Å². The Kier molecular flexibility index (Phi) is 3.89. The summed E-state index contributed by atoms with van der Waals surface area (Å²) >= 11 is 0. The standard InChI is InChI=1S/C10H12N2O4/c1-2-3-12(6-9(14)15)10(16)7-4-8(13)11-5-7/h1,7H,3-6H2,(H,11,13)(H,14,15). The van der Waals surface area contributed by atoms with Crippen LogP contribution >= 0.6 is 0 Å². The molecule has 0 saturated carbocycles. The molecule has 0 bridgehead atoms. The Balaban J connectivity index is 2.63. The van der Waals surface area contributed by atoms with Gasteiger partial charge in [0, 0.05) is 13.0 Å². The third kappa shape index (κ3) is 2.98. The molecule has 0 radical (unpaired) electrons. The van der Waals surface area contributed by atoms with E-state index >= 15 is 0 Å². The third-order valence-electron chi connectivity index (χ3n) is 2.25. The Morgan fingerprint density at radius 3 is 2.75 bits per heavy atom. The highest BCUT2D eigenvalue weighted by molar-refractivity contribution is 5.90. The van der Waals surface area contributed by atoms with Crippen LogP contribution in [0, 0.1) is 18.3 Å². The third-order valence-corrected chi connectivity index (χ3v) is 2.25. The van der Waals surface area contributed by atoms with Crippen LogP contribution in [0.15, 0.2) is 0 Å². The first kappa shape index (κ1) is 12.0. The molecule has 6 heteroatoms. The largest absolute Gasteiger partial charge is 0.480 e. The molecule has 6 nitrogen and oxygen atoms in total. The second-order valence-electron chi connectivity index (χ2n) is 3.50. The summed E-state index contributed by atoms with van der Waals surface area (Å²) in [5.74, 6) is 0.0114. The summed E-state index contributed by atoms with van der Waals surface area (Å²) in [7, 11) is 0. The molecule has 1 unspecified atom stereocenters. The summed E-state index contributed by atoms with van der Waals surface area (Å²) in [5.41, 5.74) is 0. The van der Waals surface area contributed by atoms with Crippen molar-refractivity contribution in [3.8, 4) is 12.3 Å². The van der Waals surface area contributed by atoms with Gasteiger partial charge in [0.15, 0.2) is 0 Å². The molecule has 1 rings (SSSR count). The van der Waals surface area contributed by atoms with Crippen molar-refractivity contribution in [2.45, 2.75) is 6.42 Å². The maximum atomic E-state index is 11.8. The summed E-state index contributed by atoms with van der Waals surface area (Å²) < 4.78 is 0. The van der Waals surface area contributed by atoms with E-state index in [1.807, 2.05) is 0 Å². The van der Waals surface area contributed by atoms with Gasteiger partial charge in [0.2, 0.25) is 11.8 Å². The smallest absolute Gasteiger partial charge is 0.323 e. The summed E-state index contributed by atoms with van der Waals surface area (Å²) in [6.45, 7) is -0.248. The highest BCUT2D eigenvalue weighted by Gasteiger charge is 2.31. The lowest BCUT2D eigenvalue weighted by atomic mass is 10.1. The van der Waals surface area contributed by atoms with Crippen LogP contribution in [-0.4, -0.2) is 47.4 Å². The van der Waals surface area contributed by atoms with Crippen molar-refractivity contribution >= 4 is 17.8 Å². The van der Waals surface area contributed by atoms with E-state index in [1.165, 1.54) is 0 Å². The van der Waals surface area contributed by atoms with Crippen LogP contribution in [0.2, 0.25) is 0 Å². The lowest BCUT2D eigenvalue weighted by molar-refractivity contribution is -0.145. The number of terminal acetylenes is 1. The monoisotopic (exact) mass is 224 g/mol. The first-order valence-corrected chi connectivity index (χ1v) is 4.75. The maximum Gasteiger partial charge on any atom is 0.323 e. The molecule has 0 aromatic heterocycles. The first-order valence-electron chi connectivity index (χ1n) is 4.75. The van der Waals surface area contributed by atoms with Crippen molar-refractivity contribution in [3.05, 3.63) is 0 Å². The number of amides is 2. The van der Waals surface area contributed by atoms with Crippen molar-refractivity contribution < 1.29 is 19.5 Å². The predicted molar refractivity (Wildman–Crippen MR) is 54.2 cm³/mol. The molecular formula is C10H12N2O4. The highest BCUT2D eigenvalue weighted by Crippen LogP contribution is 2.12. The number of nitrogens with zero attached hydrogens (tertiary/aromatic N) is 1. The number of carbonyl (C=O) groups is 3. The van der Waals surface area contributed by atoms with E-state index in [1.54, 1.807) is 0 Å². The van der Waals surface area contributed by atoms with E-state index < -0.39 is 24.3 Å². The summed E-state index contributed by atoms with van der Waals surface area (Å²) in [6.07, 6.45) is 5.15. The van der Waals surface area contributed by atoms with Crippen LogP contribution in [0.4, 0.5) is 0 Å². The lowest BCUT2D eigenvalue weighted by Gasteiger charge is -2.20. The summed E-state index contributed by atoms with van der Waals surface area (Å²) in [4.78, 5) is 34.3. The van der Waals surface area contributed by atoms with E-state index in [4.69, 9.17) is 11.5 Å². The fraction of sp³-hybridized carbons (Fsp3) is 0.500. The molecule has 0 aromatic rings. The molecule has 0 aliphatic carbocycles. The van der Waals surface area contributed by atoms with E-state index in [2.05, 4.69) is 11.2 Å². The minimum atomic E-state index is -1.12. The molecule has 2 N–H and O–H groups in total. The van der Waals surface area contributed by atoms with Crippen LogP contribution in [0.25, 0.3) is 0 Å². The minimum absolute atomic E-state index is 0.0597. The molecule has 0 aromatic carbocycles. The molecule has 1 fully saturated rings. The van der Waals surface area contributed by atoms with E-state index in [0.717, 1.165) is 4.90 Å². The Labute approximate surface area is 92.6 Å². The quantitative estimate of drug-likeness (QED) is 0.579. The first-order chi connectivity index (χ1) is 7.54. The van der Waals surface area contributed by atoms with Gasteiger partial charge in [-0.25, -0.2) is 0 Å². The van der Waals surface area contributed by atoms with Crippen LogP contribution in [-0.2, 0) is 14.4 Å². The van der Waals surface area contributed by atoms with Crippen molar-refractivity contribution in [3.63, 3.8) is 0 Å². The second-order valence-corrected chi connectivity index (χ2v) is 3.50. The van der Waals surface area contributed by atoms with Gasteiger partial charge in [-0.05, 0) is 0 Å². The molecular weight excluding hydrogens is 212 g/mol. The van der Waals surface area contributed by atoms with Gasteiger partial charge < -0.3 is 15.3 Å². The molecule has 1 aliphatic rings. The zero-order valence-electron chi connectivity index (χ0n) is 8.60. The number of hydrogen-bond donors (Lipinski definition) is 2. The topological polar surface area (TPSA) is 86.7 Å². The number of carboxylic acids is 1. The second kappa shape index (κ2) is 5.16. The van der Waals surface area contributed by atoms with Crippen LogP contribution in [0.1, 0.15) is 6.42 Å². The van der Waals surface area contributed by atoms with Crippen molar-refractivity contribution in [1.29, 1.82) is 0 Å². The van der Waals surface area contributed by atoms with Crippen molar-refractivity contribution in [1.82, 2.24) is 10.2 Å². The normalized spacial score (nSPS) is 18.7. The molecule has 16 heavy (non-hydrogen) atoms. The minimum Gasteiger partial charge on any atom is -0.480 e. The van der Waals surface area contributed by atoms with Crippen LogP contribution in [0.5, 0.6) is 0 Å². The lowest BCUT2D eigenvalue weighted by Crippen LogP contribution is -2.40. The SMILES string of the molecule is C#CCN(CC(=O)O)C(=O)C1CNC(=O)C1. The van der Waals surface area contributed by atoms with Gasteiger partial charge in [0.25, 0.3) is 0 Å². The van der Waals surface area contributed by atoms with Gasteiger partial charge in [-0.3, -0.25) is 14.4 Å². The number of rotatable bonds is 4. The molecule has 1 heterocycles. The zero-order chi connectivity index (χ0) is 12.1. The van der Waals surface area contributed by atoms with Crippen LogP contribution in [0.3, 0.4) is 0 Å². The van der Waals surface area contributed by atoms with Gasteiger partial charge in [-0.2, -0.15) is 0 Å². The fourth-order valence-electron chi connectivity index (χ4n) is 1.52. The van der Waals surface area contributed by atoms with E-state index in [9.17, 15) is 14.4 Å². The van der Waals surface area contributed by atoms with Crippen LogP contribution < -0.4 is 5.32 Å².